The van der Waals surface area contributed by atoms with Gasteiger partial charge in [-0.2, -0.15) is 15.5 Å². The Labute approximate surface area is 66.4 Å². The SMILES string of the molecule is CC1=NN=C(C)C1CCC#N. The van der Waals surface area contributed by atoms with Crippen molar-refractivity contribution in [1.82, 2.24) is 0 Å². The average Bonchev–Trinajstić information content (AvgIpc) is 2.29. The highest BCUT2D eigenvalue weighted by Crippen LogP contribution is 2.16. The lowest BCUT2D eigenvalue weighted by Gasteiger charge is -2.06. The fourth-order valence-corrected chi connectivity index (χ4v) is 1.23. The molecule has 0 aromatic rings. The standard InChI is InChI=1S/C8H11N3/c1-6-8(4-3-5-9)7(2)11-10-6/h8H,3-4H2,1-2H3. The Morgan fingerprint density at radius 1 is 1.36 bits per heavy atom. The molecule has 0 saturated carbocycles. The minimum absolute atomic E-state index is 0.328. The van der Waals surface area contributed by atoms with Crippen molar-refractivity contribution in [1.29, 1.82) is 5.26 Å². The van der Waals surface area contributed by atoms with E-state index in [4.69, 9.17) is 5.26 Å². The Kier molecular flexibility index (Phi) is 2.37. The van der Waals surface area contributed by atoms with Gasteiger partial charge in [0.1, 0.15) is 0 Å². The summed E-state index contributed by atoms with van der Waals surface area (Å²) in [7, 11) is 0. The van der Waals surface area contributed by atoms with Crippen LogP contribution in [0.3, 0.4) is 0 Å². The molecule has 0 saturated heterocycles. The number of rotatable bonds is 2. The maximum absolute atomic E-state index is 8.37. The van der Waals surface area contributed by atoms with Crippen molar-refractivity contribution >= 4 is 11.4 Å². The summed E-state index contributed by atoms with van der Waals surface area (Å²) in [5.41, 5.74) is 2.08. The van der Waals surface area contributed by atoms with Crippen LogP contribution in [0.4, 0.5) is 0 Å². The lowest BCUT2D eigenvalue weighted by Crippen LogP contribution is -2.14. The quantitative estimate of drug-likeness (QED) is 0.590. The van der Waals surface area contributed by atoms with Gasteiger partial charge in [-0.3, -0.25) is 0 Å². The van der Waals surface area contributed by atoms with E-state index >= 15 is 0 Å². The molecule has 11 heavy (non-hydrogen) atoms. The summed E-state index contributed by atoms with van der Waals surface area (Å²) in [4.78, 5) is 0. The lowest BCUT2D eigenvalue weighted by atomic mass is 9.95. The second-order valence-corrected chi connectivity index (χ2v) is 2.73. The third kappa shape index (κ3) is 1.64. The summed E-state index contributed by atoms with van der Waals surface area (Å²) in [6.45, 7) is 3.92. The molecule has 1 aliphatic heterocycles. The Morgan fingerprint density at radius 3 is 2.36 bits per heavy atom. The molecule has 1 aliphatic rings. The van der Waals surface area contributed by atoms with Gasteiger partial charge in [-0.05, 0) is 20.3 Å². The first-order valence-electron chi connectivity index (χ1n) is 3.71. The Hall–Kier alpha value is -1.17. The molecule has 0 amide bonds. The third-order valence-corrected chi connectivity index (χ3v) is 1.92. The summed E-state index contributed by atoms with van der Waals surface area (Å²) < 4.78 is 0. The minimum Gasteiger partial charge on any atom is -0.198 e. The lowest BCUT2D eigenvalue weighted by molar-refractivity contribution is 0.802. The molecule has 0 atom stereocenters. The van der Waals surface area contributed by atoms with E-state index in [9.17, 15) is 0 Å². The van der Waals surface area contributed by atoms with Crippen LogP contribution in [0.5, 0.6) is 0 Å². The van der Waals surface area contributed by atoms with Crippen LogP contribution < -0.4 is 0 Å². The van der Waals surface area contributed by atoms with Gasteiger partial charge in [-0.1, -0.05) is 0 Å². The molecule has 0 unspecified atom stereocenters. The van der Waals surface area contributed by atoms with Crippen molar-refractivity contribution in [2.75, 3.05) is 0 Å². The first-order valence-corrected chi connectivity index (χ1v) is 3.71. The summed E-state index contributed by atoms with van der Waals surface area (Å²) in [5.74, 6) is 0.328. The van der Waals surface area contributed by atoms with E-state index in [2.05, 4.69) is 16.3 Å². The highest BCUT2D eigenvalue weighted by Gasteiger charge is 2.19. The van der Waals surface area contributed by atoms with Crippen LogP contribution in [0, 0.1) is 17.2 Å². The fourth-order valence-electron chi connectivity index (χ4n) is 1.23. The summed E-state index contributed by atoms with van der Waals surface area (Å²) in [5, 5.41) is 16.3. The van der Waals surface area contributed by atoms with Crippen molar-refractivity contribution in [3.05, 3.63) is 0 Å². The summed E-state index contributed by atoms with van der Waals surface area (Å²) in [6.07, 6.45) is 1.45. The molecule has 1 rings (SSSR count). The number of hydrogen-bond donors (Lipinski definition) is 0. The molecule has 0 fully saturated rings. The second-order valence-electron chi connectivity index (χ2n) is 2.73. The van der Waals surface area contributed by atoms with E-state index in [1.54, 1.807) is 0 Å². The Balaban J connectivity index is 2.52. The molecule has 0 spiro atoms. The molecular weight excluding hydrogens is 138 g/mol. The van der Waals surface area contributed by atoms with Crippen molar-refractivity contribution < 1.29 is 0 Å². The van der Waals surface area contributed by atoms with Crippen LogP contribution in [0.2, 0.25) is 0 Å². The molecule has 0 aromatic heterocycles. The maximum Gasteiger partial charge on any atom is 0.0622 e. The van der Waals surface area contributed by atoms with E-state index < -0.39 is 0 Å². The molecule has 0 radical (unpaired) electrons. The van der Waals surface area contributed by atoms with Gasteiger partial charge in [0.15, 0.2) is 0 Å². The van der Waals surface area contributed by atoms with E-state index in [0.29, 0.717) is 12.3 Å². The van der Waals surface area contributed by atoms with Crippen molar-refractivity contribution in [2.24, 2.45) is 16.1 Å². The highest BCUT2D eigenvalue weighted by atomic mass is 15.2. The van der Waals surface area contributed by atoms with Gasteiger partial charge >= 0.3 is 0 Å². The summed E-state index contributed by atoms with van der Waals surface area (Å²) in [6, 6.07) is 2.13. The van der Waals surface area contributed by atoms with Crippen LogP contribution in [0.1, 0.15) is 26.7 Å². The van der Waals surface area contributed by atoms with Crippen molar-refractivity contribution in [3.8, 4) is 6.07 Å². The largest absolute Gasteiger partial charge is 0.198 e. The molecule has 58 valence electrons. The third-order valence-electron chi connectivity index (χ3n) is 1.92. The molecule has 3 heteroatoms. The number of nitriles is 1. The molecule has 0 aromatic carbocycles. The van der Waals surface area contributed by atoms with E-state index in [1.807, 2.05) is 13.8 Å². The normalized spacial score (nSPS) is 17.5. The predicted molar refractivity (Wildman–Crippen MR) is 44.6 cm³/mol. The first kappa shape index (κ1) is 7.93. The van der Waals surface area contributed by atoms with Gasteiger partial charge in [0.25, 0.3) is 0 Å². The topological polar surface area (TPSA) is 48.5 Å². The van der Waals surface area contributed by atoms with Crippen LogP contribution in [0.25, 0.3) is 0 Å². The smallest absolute Gasteiger partial charge is 0.0622 e. The Morgan fingerprint density at radius 2 is 1.91 bits per heavy atom. The van der Waals surface area contributed by atoms with Gasteiger partial charge in [-0.25, -0.2) is 0 Å². The van der Waals surface area contributed by atoms with Crippen molar-refractivity contribution in [2.45, 2.75) is 26.7 Å². The molecule has 3 nitrogen and oxygen atoms in total. The zero-order valence-corrected chi connectivity index (χ0v) is 6.83. The van der Waals surface area contributed by atoms with Crippen molar-refractivity contribution in [3.63, 3.8) is 0 Å². The monoisotopic (exact) mass is 149 g/mol. The van der Waals surface area contributed by atoms with E-state index in [0.717, 1.165) is 17.8 Å². The minimum atomic E-state index is 0.328. The number of hydrogen-bond acceptors (Lipinski definition) is 3. The van der Waals surface area contributed by atoms with Gasteiger partial charge in [0.05, 0.1) is 6.07 Å². The average molecular weight is 149 g/mol. The van der Waals surface area contributed by atoms with Crippen LogP contribution in [-0.2, 0) is 0 Å². The van der Waals surface area contributed by atoms with Gasteiger partial charge in [0, 0.05) is 23.8 Å². The molecule has 0 N–H and O–H groups in total. The zero-order valence-electron chi connectivity index (χ0n) is 6.83. The van der Waals surface area contributed by atoms with Crippen LogP contribution >= 0.6 is 0 Å². The number of nitrogens with zero attached hydrogens (tertiary/aromatic N) is 3. The first-order chi connectivity index (χ1) is 5.25. The fraction of sp³-hybridized carbons (Fsp3) is 0.625. The Bertz CT molecular complexity index is 227. The second kappa shape index (κ2) is 3.29. The zero-order chi connectivity index (χ0) is 8.27. The van der Waals surface area contributed by atoms with Gasteiger partial charge in [0.2, 0.25) is 0 Å². The summed E-state index contributed by atoms with van der Waals surface area (Å²) >= 11 is 0. The highest BCUT2D eigenvalue weighted by molar-refractivity contribution is 6.08. The molecule has 1 heterocycles. The molecule has 0 aliphatic carbocycles. The molecule has 0 bridgehead atoms. The van der Waals surface area contributed by atoms with Crippen LogP contribution in [0.15, 0.2) is 10.2 Å². The van der Waals surface area contributed by atoms with Crippen LogP contribution in [-0.4, -0.2) is 11.4 Å². The van der Waals surface area contributed by atoms with Gasteiger partial charge < -0.3 is 0 Å². The predicted octanol–water partition coefficient (Wildman–Crippen LogP) is 1.76. The molecular formula is C8H11N3. The van der Waals surface area contributed by atoms with E-state index in [-0.39, 0.29) is 0 Å². The van der Waals surface area contributed by atoms with E-state index in [1.165, 1.54) is 0 Å². The van der Waals surface area contributed by atoms with Gasteiger partial charge in [-0.15, -0.1) is 0 Å². The maximum atomic E-state index is 8.37.